The normalized spacial score (nSPS) is 11.9. The van der Waals surface area contributed by atoms with E-state index in [-0.39, 0.29) is 42.0 Å². The Morgan fingerprint density at radius 3 is 2.00 bits per heavy atom. The molecule has 2 amide bonds. The van der Waals surface area contributed by atoms with Gasteiger partial charge in [-0.3, -0.25) is 9.79 Å². The van der Waals surface area contributed by atoms with Crippen LogP contribution in [-0.2, 0) is 9.53 Å². The third-order valence-electron chi connectivity index (χ3n) is 2.47. The molecular formula is C16H34IN5O3. The zero-order valence-electron chi connectivity index (χ0n) is 16.4. The molecule has 0 radical (unpaired) electrons. The average Bonchev–Trinajstić information content (AvgIpc) is 2.37. The monoisotopic (exact) mass is 471 g/mol. The maximum absolute atomic E-state index is 11.7. The lowest BCUT2D eigenvalue weighted by Crippen LogP contribution is -2.48. The maximum atomic E-state index is 11.7. The molecule has 0 bridgehead atoms. The molecule has 8 nitrogen and oxygen atoms in total. The predicted molar refractivity (Wildman–Crippen MR) is 112 cm³/mol. The summed E-state index contributed by atoms with van der Waals surface area (Å²) in [5, 5.41) is 11.6. The number of carbonyl (C=O) groups excluding carboxylic acids is 2. The van der Waals surface area contributed by atoms with Crippen LogP contribution in [0.2, 0.25) is 0 Å². The van der Waals surface area contributed by atoms with Crippen molar-refractivity contribution in [2.75, 3.05) is 26.7 Å². The van der Waals surface area contributed by atoms with Crippen LogP contribution in [0, 0.1) is 0 Å². The van der Waals surface area contributed by atoms with Crippen LogP contribution < -0.4 is 21.3 Å². The molecule has 0 heterocycles. The van der Waals surface area contributed by atoms with Gasteiger partial charge in [0.2, 0.25) is 5.91 Å². The molecule has 0 atom stereocenters. The van der Waals surface area contributed by atoms with Crippen LogP contribution in [0.3, 0.4) is 0 Å². The van der Waals surface area contributed by atoms with E-state index in [1.165, 1.54) is 0 Å². The highest BCUT2D eigenvalue weighted by atomic mass is 127. The lowest BCUT2D eigenvalue weighted by Gasteiger charge is -2.21. The minimum Gasteiger partial charge on any atom is -0.444 e. The third kappa shape index (κ3) is 17.4. The number of hydrogen-bond acceptors (Lipinski definition) is 4. The van der Waals surface area contributed by atoms with E-state index in [4.69, 9.17) is 4.74 Å². The van der Waals surface area contributed by atoms with Gasteiger partial charge in [-0.05, 0) is 48.0 Å². The van der Waals surface area contributed by atoms with E-state index in [2.05, 4.69) is 26.3 Å². The van der Waals surface area contributed by atoms with Crippen LogP contribution in [0.5, 0.6) is 0 Å². The number of nitrogens with zero attached hydrogens (tertiary/aromatic N) is 1. The van der Waals surface area contributed by atoms with Crippen LogP contribution in [0.15, 0.2) is 4.99 Å². The Kier molecular flexibility index (Phi) is 12.6. The summed E-state index contributed by atoms with van der Waals surface area (Å²) in [6.45, 7) is 12.5. The second-order valence-corrected chi connectivity index (χ2v) is 7.43. The predicted octanol–water partition coefficient (Wildman–Crippen LogP) is 1.60. The molecule has 0 aliphatic heterocycles. The summed E-state index contributed by atoms with van der Waals surface area (Å²) in [6, 6.07) is 0. The quantitative estimate of drug-likeness (QED) is 0.204. The lowest BCUT2D eigenvalue weighted by atomic mass is 10.1. The van der Waals surface area contributed by atoms with Gasteiger partial charge in [0.05, 0.1) is 6.54 Å². The molecule has 0 aromatic heterocycles. The SMILES string of the molecule is CN=C(NCCCNC(=O)OC(C)(C)C)NCC(=O)NC(C)(C)C.I. The Labute approximate surface area is 168 Å². The number of rotatable bonds is 6. The maximum Gasteiger partial charge on any atom is 0.407 e. The van der Waals surface area contributed by atoms with Crippen LogP contribution in [0.4, 0.5) is 4.79 Å². The summed E-state index contributed by atoms with van der Waals surface area (Å²) in [6.07, 6.45) is 0.276. The molecule has 0 saturated heterocycles. The van der Waals surface area contributed by atoms with Crippen LogP contribution in [0.1, 0.15) is 48.0 Å². The zero-order chi connectivity index (χ0) is 18.8. The molecule has 0 aliphatic rings. The summed E-state index contributed by atoms with van der Waals surface area (Å²) >= 11 is 0. The Bertz CT molecular complexity index is 442. The number of amides is 2. The molecule has 9 heteroatoms. The highest BCUT2D eigenvalue weighted by Crippen LogP contribution is 2.06. The van der Waals surface area contributed by atoms with Gasteiger partial charge in [0.25, 0.3) is 0 Å². The van der Waals surface area contributed by atoms with E-state index in [0.717, 1.165) is 0 Å². The Morgan fingerprint density at radius 2 is 1.52 bits per heavy atom. The minimum absolute atomic E-state index is 0. The van der Waals surface area contributed by atoms with Crippen molar-refractivity contribution < 1.29 is 14.3 Å². The molecular weight excluding hydrogens is 437 g/mol. The van der Waals surface area contributed by atoms with E-state index >= 15 is 0 Å². The Balaban J connectivity index is 0. The summed E-state index contributed by atoms with van der Waals surface area (Å²) < 4.78 is 5.14. The van der Waals surface area contributed by atoms with Gasteiger partial charge in [-0.25, -0.2) is 4.79 Å². The Morgan fingerprint density at radius 1 is 0.960 bits per heavy atom. The highest BCUT2D eigenvalue weighted by Gasteiger charge is 2.15. The second-order valence-electron chi connectivity index (χ2n) is 7.43. The highest BCUT2D eigenvalue weighted by molar-refractivity contribution is 14.0. The van der Waals surface area contributed by atoms with Crippen molar-refractivity contribution in [3.05, 3.63) is 0 Å². The standard InChI is InChI=1S/C16H33N5O3.HI/c1-15(2,3)21-12(22)11-20-13(17-7)18-9-8-10-19-14(23)24-16(4,5)6;/h8-11H2,1-7H3,(H,19,23)(H,21,22)(H2,17,18,20);1H. The van der Waals surface area contributed by atoms with E-state index in [1.54, 1.807) is 7.05 Å². The molecule has 0 aromatic carbocycles. The fraction of sp³-hybridized carbons (Fsp3) is 0.812. The van der Waals surface area contributed by atoms with Crippen molar-refractivity contribution in [3.8, 4) is 0 Å². The van der Waals surface area contributed by atoms with Crippen molar-refractivity contribution in [1.29, 1.82) is 0 Å². The number of alkyl carbamates (subject to hydrolysis) is 1. The molecule has 25 heavy (non-hydrogen) atoms. The minimum atomic E-state index is -0.498. The Hall–Kier alpha value is -1.26. The van der Waals surface area contributed by atoms with Gasteiger partial charge >= 0.3 is 6.09 Å². The third-order valence-corrected chi connectivity index (χ3v) is 2.47. The van der Waals surface area contributed by atoms with E-state index in [9.17, 15) is 9.59 Å². The van der Waals surface area contributed by atoms with Gasteiger partial charge in [-0.2, -0.15) is 0 Å². The molecule has 0 fully saturated rings. The average molecular weight is 471 g/mol. The first-order valence-corrected chi connectivity index (χ1v) is 8.15. The van der Waals surface area contributed by atoms with Crippen molar-refractivity contribution in [2.45, 2.75) is 59.1 Å². The van der Waals surface area contributed by atoms with Crippen molar-refractivity contribution in [3.63, 3.8) is 0 Å². The molecule has 148 valence electrons. The number of nitrogens with one attached hydrogen (secondary N) is 4. The second kappa shape index (κ2) is 12.2. The van der Waals surface area contributed by atoms with E-state index in [1.807, 2.05) is 41.5 Å². The van der Waals surface area contributed by atoms with Gasteiger partial charge < -0.3 is 26.0 Å². The molecule has 0 unspecified atom stereocenters. The van der Waals surface area contributed by atoms with Gasteiger partial charge in [0.15, 0.2) is 5.96 Å². The molecule has 4 N–H and O–H groups in total. The largest absolute Gasteiger partial charge is 0.444 e. The van der Waals surface area contributed by atoms with Crippen LogP contribution in [-0.4, -0.2) is 55.8 Å². The van der Waals surface area contributed by atoms with Gasteiger partial charge in [0, 0.05) is 25.7 Å². The summed E-state index contributed by atoms with van der Waals surface area (Å²) in [4.78, 5) is 27.2. The van der Waals surface area contributed by atoms with Crippen LogP contribution >= 0.6 is 24.0 Å². The lowest BCUT2D eigenvalue weighted by molar-refractivity contribution is -0.121. The van der Waals surface area contributed by atoms with E-state index < -0.39 is 11.7 Å². The first-order valence-electron chi connectivity index (χ1n) is 8.15. The topological polar surface area (TPSA) is 104 Å². The number of carbonyl (C=O) groups is 2. The number of halogens is 1. The molecule has 0 rings (SSSR count). The first kappa shape index (κ1) is 26.0. The van der Waals surface area contributed by atoms with Crippen molar-refractivity contribution >= 4 is 41.9 Å². The summed E-state index contributed by atoms with van der Waals surface area (Å²) in [5.41, 5.74) is -0.759. The number of guanidine groups is 1. The number of hydrogen-bond donors (Lipinski definition) is 4. The van der Waals surface area contributed by atoms with Crippen molar-refractivity contribution in [1.82, 2.24) is 21.3 Å². The van der Waals surface area contributed by atoms with E-state index in [0.29, 0.717) is 25.5 Å². The first-order chi connectivity index (χ1) is 10.9. The number of ether oxygens (including phenoxy) is 1. The zero-order valence-corrected chi connectivity index (χ0v) is 18.7. The van der Waals surface area contributed by atoms with Crippen LogP contribution in [0.25, 0.3) is 0 Å². The van der Waals surface area contributed by atoms with Gasteiger partial charge in [-0.1, -0.05) is 0 Å². The summed E-state index contributed by atoms with van der Waals surface area (Å²) in [5.74, 6) is 0.438. The molecule has 0 aliphatic carbocycles. The fourth-order valence-corrected chi connectivity index (χ4v) is 1.65. The molecule has 0 aromatic rings. The molecule has 0 saturated carbocycles. The van der Waals surface area contributed by atoms with Gasteiger partial charge in [0.1, 0.15) is 5.60 Å². The smallest absolute Gasteiger partial charge is 0.407 e. The van der Waals surface area contributed by atoms with Crippen molar-refractivity contribution in [2.24, 2.45) is 4.99 Å². The van der Waals surface area contributed by atoms with Gasteiger partial charge in [-0.15, -0.1) is 24.0 Å². The summed E-state index contributed by atoms with van der Waals surface area (Å²) in [7, 11) is 1.63. The molecule has 0 spiro atoms. The fourth-order valence-electron chi connectivity index (χ4n) is 1.65. The number of aliphatic imine (C=N–C) groups is 1.